The second-order valence-electron chi connectivity index (χ2n) is 5.47. The van der Waals surface area contributed by atoms with Crippen molar-refractivity contribution in [3.05, 3.63) is 23.3 Å². The van der Waals surface area contributed by atoms with E-state index in [0.717, 1.165) is 11.5 Å². The molecule has 2 N–H and O–H groups in total. The minimum Gasteiger partial charge on any atom is -0.329 e. The summed E-state index contributed by atoms with van der Waals surface area (Å²) in [6.07, 6.45) is 3.89. The summed E-state index contributed by atoms with van der Waals surface area (Å²) >= 11 is 0. The van der Waals surface area contributed by atoms with E-state index in [0.29, 0.717) is 12.5 Å². The minimum absolute atomic E-state index is 0.121. The maximum Gasteiger partial charge on any atom is 0.135 e. The lowest BCUT2D eigenvalue weighted by atomic mass is 9.82. The van der Waals surface area contributed by atoms with E-state index in [1.165, 1.54) is 25.0 Å². The topological polar surface area (TPSA) is 51.8 Å². The molecule has 1 aliphatic rings. The van der Waals surface area contributed by atoms with E-state index in [1.807, 2.05) is 6.92 Å². The van der Waals surface area contributed by atoms with Gasteiger partial charge in [0.1, 0.15) is 5.82 Å². The summed E-state index contributed by atoms with van der Waals surface area (Å²) in [5, 5.41) is 0. The van der Waals surface area contributed by atoms with Gasteiger partial charge in [-0.1, -0.05) is 20.3 Å². The highest BCUT2D eigenvalue weighted by atomic mass is 14.9. The monoisotopic (exact) mass is 219 g/mol. The van der Waals surface area contributed by atoms with Gasteiger partial charge >= 0.3 is 0 Å². The van der Waals surface area contributed by atoms with Crippen molar-refractivity contribution in [2.75, 3.05) is 6.54 Å². The van der Waals surface area contributed by atoms with Crippen molar-refractivity contribution < 1.29 is 0 Å². The van der Waals surface area contributed by atoms with Crippen molar-refractivity contribution >= 4 is 0 Å². The first kappa shape index (κ1) is 11.5. The first-order valence-corrected chi connectivity index (χ1v) is 6.09. The maximum absolute atomic E-state index is 5.78. The van der Waals surface area contributed by atoms with Crippen LogP contribution >= 0.6 is 0 Å². The largest absolute Gasteiger partial charge is 0.329 e. The molecule has 0 amide bonds. The van der Waals surface area contributed by atoms with Crippen LogP contribution in [0, 0.1) is 6.92 Å². The Kier molecular flexibility index (Phi) is 2.98. The van der Waals surface area contributed by atoms with E-state index in [1.54, 1.807) is 0 Å². The molecule has 2 rings (SSSR count). The van der Waals surface area contributed by atoms with Crippen LogP contribution in [-0.2, 0) is 5.41 Å². The highest BCUT2D eigenvalue weighted by Crippen LogP contribution is 2.36. The molecule has 0 unspecified atom stereocenters. The van der Waals surface area contributed by atoms with Crippen molar-refractivity contribution in [3.8, 4) is 0 Å². The molecule has 0 aliphatic heterocycles. The third-order valence-electron chi connectivity index (χ3n) is 3.51. The Hall–Kier alpha value is -0.960. The molecule has 1 fully saturated rings. The molecule has 0 bridgehead atoms. The highest BCUT2D eigenvalue weighted by molar-refractivity contribution is 5.19. The average molecular weight is 219 g/mol. The second kappa shape index (κ2) is 4.13. The summed E-state index contributed by atoms with van der Waals surface area (Å²) in [6, 6.07) is 2.12. The van der Waals surface area contributed by atoms with Crippen LogP contribution in [0.1, 0.15) is 56.2 Å². The minimum atomic E-state index is -0.121. The van der Waals surface area contributed by atoms with Gasteiger partial charge in [0.2, 0.25) is 0 Å². The quantitative estimate of drug-likeness (QED) is 0.848. The van der Waals surface area contributed by atoms with E-state index in [-0.39, 0.29) is 5.41 Å². The number of aryl methyl sites for hydroxylation is 1. The fourth-order valence-electron chi connectivity index (χ4n) is 1.90. The molecule has 3 heteroatoms. The van der Waals surface area contributed by atoms with Gasteiger partial charge in [-0.2, -0.15) is 0 Å². The predicted octanol–water partition coefficient (Wildman–Crippen LogP) is 2.29. The maximum atomic E-state index is 5.78. The van der Waals surface area contributed by atoms with Crippen LogP contribution < -0.4 is 5.73 Å². The molecule has 1 saturated carbocycles. The number of hydrogen-bond donors (Lipinski definition) is 1. The van der Waals surface area contributed by atoms with Gasteiger partial charge in [-0.15, -0.1) is 0 Å². The van der Waals surface area contributed by atoms with E-state index < -0.39 is 0 Å². The number of hydrogen-bond acceptors (Lipinski definition) is 3. The van der Waals surface area contributed by atoms with Gasteiger partial charge < -0.3 is 5.73 Å². The molecule has 3 nitrogen and oxygen atoms in total. The van der Waals surface area contributed by atoms with Crippen molar-refractivity contribution in [1.82, 2.24) is 9.97 Å². The zero-order valence-electron chi connectivity index (χ0n) is 10.5. The lowest BCUT2D eigenvalue weighted by molar-refractivity contribution is 0.403. The molecule has 0 saturated heterocycles. The van der Waals surface area contributed by atoms with Gasteiger partial charge in [0.15, 0.2) is 0 Å². The van der Waals surface area contributed by atoms with Gasteiger partial charge in [0.25, 0.3) is 0 Å². The van der Waals surface area contributed by atoms with Crippen LogP contribution in [0.15, 0.2) is 6.07 Å². The summed E-state index contributed by atoms with van der Waals surface area (Å²) in [5.74, 6) is 1.56. The van der Waals surface area contributed by atoms with Crippen LogP contribution in [0.25, 0.3) is 0 Å². The van der Waals surface area contributed by atoms with Crippen LogP contribution in [0.3, 0.4) is 0 Å². The molecule has 88 valence electrons. The highest BCUT2D eigenvalue weighted by Gasteiger charge is 2.26. The van der Waals surface area contributed by atoms with E-state index in [4.69, 9.17) is 10.7 Å². The Bertz CT molecular complexity index is 381. The Balaban J connectivity index is 2.35. The van der Waals surface area contributed by atoms with Crippen LogP contribution in [-0.4, -0.2) is 16.5 Å². The third-order valence-corrected chi connectivity index (χ3v) is 3.51. The third kappa shape index (κ3) is 2.09. The molecular weight excluding hydrogens is 198 g/mol. The van der Waals surface area contributed by atoms with Crippen molar-refractivity contribution in [2.45, 2.75) is 51.4 Å². The van der Waals surface area contributed by atoms with E-state index in [9.17, 15) is 0 Å². The summed E-state index contributed by atoms with van der Waals surface area (Å²) in [5.41, 5.74) is 7.94. The number of nitrogens with zero attached hydrogens (tertiary/aromatic N) is 2. The first-order chi connectivity index (χ1) is 7.53. The van der Waals surface area contributed by atoms with Crippen molar-refractivity contribution in [3.63, 3.8) is 0 Å². The van der Waals surface area contributed by atoms with Gasteiger partial charge in [0, 0.05) is 29.3 Å². The molecule has 1 aliphatic carbocycles. The molecular formula is C13H21N3. The summed E-state index contributed by atoms with van der Waals surface area (Å²) in [4.78, 5) is 9.23. The Morgan fingerprint density at radius 3 is 2.56 bits per heavy atom. The van der Waals surface area contributed by atoms with Crippen molar-refractivity contribution in [1.29, 1.82) is 0 Å². The molecule has 0 atom stereocenters. The molecule has 16 heavy (non-hydrogen) atoms. The molecule has 0 spiro atoms. The smallest absolute Gasteiger partial charge is 0.135 e. The van der Waals surface area contributed by atoms with E-state index in [2.05, 4.69) is 24.9 Å². The first-order valence-electron chi connectivity index (χ1n) is 6.09. The van der Waals surface area contributed by atoms with Crippen LogP contribution in [0.5, 0.6) is 0 Å². The van der Waals surface area contributed by atoms with Gasteiger partial charge in [-0.3, -0.25) is 0 Å². The van der Waals surface area contributed by atoms with Gasteiger partial charge in [-0.05, 0) is 25.8 Å². The lowest BCUT2D eigenvalue weighted by Gasteiger charge is -2.27. The van der Waals surface area contributed by atoms with Crippen molar-refractivity contribution in [2.24, 2.45) is 5.73 Å². The average Bonchev–Trinajstić information content (AvgIpc) is 2.14. The Morgan fingerprint density at radius 2 is 2.06 bits per heavy atom. The molecule has 0 aromatic carbocycles. The zero-order chi connectivity index (χ0) is 11.8. The fraction of sp³-hybridized carbons (Fsp3) is 0.692. The zero-order valence-corrected chi connectivity index (χ0v) is 10.5. The standard InChI is InChI=1S/C13H21N3/c1-9-7-11(10-5-4-6-10)16-12(15-9)13(2,3)8-14/h7,10H,4-6,8,14H2,1-3H3. The second-order valence-corrected chi connectivity index (χ2v) is 5.47. The summed E-state index contributed by atoms with van der Waals surface area (Å²) in [6.45, 7) is 6.83. The number of nitrogens with two attached hydrogens (primary N) is 1. The summed E-state index contributed by atoms with van der Waals surface area (Å²) in [7, 11) is 0. The summed E-state index contributed by atoms with van der Waals surface area (Å²) < 4.78 is 0. The number of aromatic nitrogens is 2. The predicted molar refractivity (Wildman–Crippen MR) is 65.4 cm³/mol. The Morgan fingerprint density at radius 1 is 1.38 bits per heavy atom. The number of rotatable bonds is 3. The fourth-order valence-corrected chi connectivity index (χ4v) is 1.90. The molecule has 1 aromatic heterocycles. The van der Waals surface area contributed by atoms with E-state index >= 15 is 0 Å². The van der Waals surface area contributed by atoms with Gasteiger partial charge in [0.05, 0.1) is 0 Å². The van der Waals surface area contributed by atoms with Crippen LogP contribution in [0.4, 0.5) is 0 Å². The normalized spacial score (nSPS) is 17.2. The SMILES string of the molecule is Cc1cc(C2CCC2)nc(C(C)(C)CN)n1. The molecule has 1 aromatic rings. The van der Waals surface area contributed by atoms with Crippen LogP contribution in [0.2, 0.25) is 0 Å². The van der Waals surface area contributed by atoms with Gasteiger partial charge in [-0.25, -0.2) is 9.97 Å². The molecule has 1 heterocycles. The Labute approximate surface area is 97.5 Å². The lowest BCUT2D eigenvalue weighted by Crippen LogP contribution is -2.31. The molecule has 0 radical (unpaired) electrons.